The van der Waals surface area contributed by atoms with E-state index in [1.54, 1.807) is 12.3 Å². The molecule has 1 aliphatic heterocycles. The average Bonchev–Trinajstić information content (AvgIpc) is 2.62. The largest absolute Gasteiger partial charge is 0.478 e. The van der Waals surface area contributed by atoms with E-state index in [0.29, 0.717) is 43.6 Å². The zero-order valence-electron chi connectivity index (χ0n) is 13.1. The van der Waals surface area contributed by atoms with Gasteiger partial charge in [-0.2, -0.15) is 0 Å². The molecule has 3 N–H and O–H groups in total. The lowest BCUT2D eigenvalue weighted by molar-refractivity contribution is 0.0363. The van der Waals surface area contributed by atoms with Crippen molar-refractivity contribution in [2.75, 3.05) is 31.1 Å². The molecule has 0 aliphatic carbocycles. The number of aromatic carboxylic acids is 1. The van der Waals surface area contributed by atoms with Gasteiger partial charge in [0.25, 0.3) is 0 Å². The van der Waals surface area contributed by atoms with Gasteiger partial charge in [-0.25, -0.2) is 14.8 Å². The Balaban J connectivity index is 1.84. The minimum Gasteiger partial charge on any atom is -0.478 e. The van der Waals surface area contributed by atoms with Gasteiger partial charge in [-0.05, 0) is 31.2 Å². The van der Waals surface area contributed by atoms with Crippen LogP contribution in [0.4, 0.5) is 5.95 Å². The number of carbonyl (C=O) groups is 1. The summed E-state index contributed by atoms with van der Waals surface area (Å²) < 4.78 is 5.67. The maximum absolute atomic E-state index is 11.1. The van der Waals surface area contributed by atoms with Crippen LogP contribution < -0.4 is 10.6 Å². The molecule has 1 fully saturated rings. The Morgan fingerprint density at radius 1 is 1.33 bits per heavy atom. The summed E-state index contributed by atoms with van der Waals surface area (Å²) in [7, 11) is 0. The van der Waals surface area contributed by atoms with Gasteiger partial charge in [-0.15, -0.1) is 0 Å². The molecule has 3 rings (SSSR count). The summed E-state index contributed by atoms with van der Waals surface area (Å²) in [4.78, 5) is 26.2. The molecule has 8 heteroatoms. The predicted molar refractivity (Wildman–Crippen MR) is 87.8 cm³/mol. The molecule has 8 nitrogen and oxygen atoms in total. The number of pyridine rings is 1. The van der Waals surface area contributed by atoms with Gasteiger partial charge < -0.3 is 20.5 Å². The number of ether oxygens (including phenoxy) is 1. The van der Waals surface area contributed by atoms with Gasteiger partial charge in [0.1, 0.15) is 0 Å². The van der Waals surface area contributed by atoms with Crippen LogP contribution in [0.15, 0.2) is 30.6 Å². The molecule has 24 heavy (non-hydrogen) atoms. The minimum absolute atomic E-state index is 0.0736. The smallest absolute Gasteiger partial charge is 0.335 e. The fourth-order valence-corrected chi connectivity index (χ4v) is 2.61. The number of hydrogen-bond acceptors (Lipinski definition) is 7. The first kappa shape index (κ1) is 16.3. The molecule has 0 aromatic carbocycles. The molecule has 0 saturated carbocycles. The number of nitrogens with zero attached hydrogens (tertiary/aromatic N) is 4. The van der Waals surface area contributed by atoms with Crippen molar-refractivity contribution < 1.29 is 14.6 Å². The molecular weight excluding hydrogens is 310 g/mol. The third-order valence-corrected chi connectivity index (χ3v) is 3.82. The third-order valence-electron chi connectivity index (χ3n) is 3.82. The summed E-state index contributed by atoms with van der Waals surface area (Å²) >= 11 is 0. The molecular formula is C16H19N5O3. The van der Waals surface area contributed by atoms with E-state index in [-0.39, 0.29) is 11.7 Å². The topological polar surface area (TPSA) is 114 Å². The van der Waals surface area contributed by atoms with Crippen LogP contribution in [-0.4, -0.2) is 58.4 Å². The summed E-state index contributed by atoms with van der Waals surface area (Å²) in [6, 6.07) is 4.67. The molecule has 1 aliphatic rings. The predicted octanol–water partition coefficient (Wildman–Crippen LogP) is 0.791. The highest BCUT2D eigenvalue weighted by molar-refractivity contribution is 5.88. The van der Waals surface area contributed by atoms with Crippen LogP contribution in [0.1, 0.15) is 16.8 Å². The summed E-state index contributed by atoms with van der Waals surface area (Å²) in [5.41, 5.74) is 6.86. The summed E-state index contributed by atoms with van der Waals surface area (Å²) in [5, 5.41) is 9.10. The van der Waals surface area contributed by atoms with E-state index in [0.717, 1.165) is 6.42 Å². The lowest BCUT2D eigenvalue weighted by Crippen LogP contribution is -2.44. The second-order valence-corrected chi connectivity index (χ2v) is 5.49. The first-order valence-corrected chi connectivity index (χ1v) is 7.77. The zero-order valence-corrected chi connectivity index (χ0v) is 13.1. The number of carboxylic acids is 1. The van der Waals surface area contributed by atoms with E-state index < -0.39 is 5.97 Å². The second kappa shape index (κ2) is 7.33. The molecule has 1 saturated heterocycles. The summed E-state index contributed by atoms with van der Waals surface area (Å²) in [6.07, 6.45) is 3.98. The quantitative estimate of drug-likeness (QED) is 0.827. The van der Waals surface area contributed by atoms with E-state index in [2.05, 4.69) is 15.0 Å². The minimum atomic E-state index is -0.995. The Morgan fingerprint density at radius 2 is 2.17 bits per heavy atom. The monoisotopic (exact) mass is 329 g/mol. The Hall–Kier alpha value is -2.58. The summed E-state index contributed by atoms with van der Waals surface area (Å²) in [5.74, 6) is -0.411. The standard InChI is InChI=1S/C16H19N5O3/c17-4-1-12-10-21(7-8-24-12)16-19-6-3-13(20-16)14-9-11(15(22)23)2-5-18-14/h2-3,5-6,9,12H,1,4,7-8,10,17H2,(H,22,23)/t12-/m0/s1. The van der Waals surface area contributed by atoms with Crippen LogP contribution in [0.5, 0.6) is 0 Å². The first-order valence-electron chi connectivity index (χ1n) is 7.77. The number of aromatic nitrogens is 3. The zero-order chi connectivity index (χ0) is 16.9. The van der Waals surface area contributed by atoms with E-state index in [1.807, 2.05) is 4.90 Å². The number of anilines is 1. The number of carboxylic acid groups (broad SMARTS) is 1. The Morgan fingerprint density at radius 3 is 2.96 bits per heavy atom. The molecule has 0 unspecified atom stereocenters. The van der Waals surface area contributed by atoms with Gasteiger partial charge in [-0.3, -0.25) is 4.98 Å². The molecule has 0 spiro atoms. The van der Waals surface area contributed by atoms with E-state index in [9.17, 15) is 4.79 Å². The molecule has 2 aromatic heterocycles. The molecule has 1 atom stereocenters. The highest BCUT2D eigenvalue weighted by Gasteiger charge is 2.22. The van der Waals surface area contributed by atoms with Crippen molar-refractivity contribution in [1.29, 1.82) is 0 Å². The highest BCUT2D eigenvalue weighted by atomic mass is 16.5. The van der Waals surface area contributed by atoms with E-state index >= 15 is 0 Å². The van der Waals surface area contributed by atoms with E-state index in [4.69, 9.17) is 15.6 Å². The van der Waals surface area contributed by atoms with Crippen molar-refractivity contribution in [1.82, 2.24) is 15.0 Å². The molecule has 0 radical (unpaired) electrons. The Kier molecular flexibility index (Phi) is 4.97. The van der Waals surface area contributed by atoms with Crippen molar-refractivity contribution >= 4 is 11.9 Å². The van der Waals surface area contributed by atoms with Crippen molar-refractivity contribution in [3.8, 4) is 11.4 Å². The molecule has 3 heterocycles. The maximum Gasteiger partial charge on any atom is 0.335 e. The number of hydrogen-bond donors (Lipinski definition) is 2. The van der Waals surface area contributed by atoms with Crippen molar-refractivity contribution in [2.45, 2.75) is 12.5 Å². The van der Waals surface area contributed by atoms with Gasteiger partial charge in [0, 0.05) is 25.5 Å². The lowest BCUT2D eigenvalue weighted by Gasteiger charge is -2.32. The molecule has 0 bridgehead atoms. The number of morpholine rings is 1. The Bertz CT molecular complexity index is 722. The SMILES string of the molecule is NCC[C@H]1CN(c2nccc(-c3cc(C(=O)O)ccn3)n2)CCO1. The fourth-order valence-electron chi connectivity index (χ4n) is 2.61. The summed E-state index contributed by atoms with van der Waals surface area (Å²) in [6.45, 7) is 2.56. The van der Waals surface area contributed by atoms with Crippen LogP contribution in [0.25, 0.3) is 11.4 Å². The molecule has 0 amide bonds. The van der Waals surface area contributed by atoms with Gasteiger partial charge >= 0.3 is 5.97 Å². The van der Waals surface area contributed by atoms with Crippen LogP contribution >= 0.6 is 0 Å². The van der Waals surface area contributed by atoms with Gasteiger partial charge in [-0.1, -0.05) is 0 Å². The van der Waals surface area contributed by atoms with Crippen LogP contribution in [-0.2, 0) is 4.74 Å². The van der Waals surface area contributed by atoms with Gasteiger partial charge in [0.15, 0.2) is 0 Å². The van der Waals surface area contributed by atoms with Gasteiger partial charge in [0.05, 0.1) is 29.7 Å². The average molecular weight is 329 g/mol. The third kappa shape index (κ3) is 3.66. The highest BCUT2D eigenvalue weighted by Crippen LogP contribution is 2.20. The van der Waals surface area contributed by atoms with Crippen molar-refractivity contribution in [3.05, 3.63) is 36.2 Å². The normalized spacial score (nSPS) is 17.7. The molecule has 2 aromatic rings. The van der Waals surface area contributed by atoms with Gasteiger partial charge in [0.2, 0.25) is 5.95 Å². The Labute approximate surface area is 139 Å². The second-order valence-electron chi connectivity index (χ2n) is 5.49. The van der Waals surface area contributed by atoms with E-state index in [1.165, 1.54) is 18.3 Å². The number of nitrogens with two attached hydrogens (primary N) is 1. The van der Waals surface area contributed by atoms with Crippen LogP contribution in [0.2, 0.25) is 0 Å². The first-order chi connectivity index (χ1) is 11.7. The van der Waals surface area contributed by atoms with Crippen LogP contribution in [0, 0.1) is 0 Å². The maximum atomic E-state index is 11.1. The van der Waals surface area contributed by atoms with Crippen molar-refractivity contribution in [3.63, 3.8) is 0 Å². The lowest BCUT2D eigenvalue weighted by atomic mass is 10.2. The van der Waals surface area contributed by atoms with Crippen LogP contribution in [0.3, 0.4) is 0 Å². The van der Waals surface area contributed by atoms with Crippen molar-refractivity contribution in [2.24, 2.45) is 5.73 Å². The number of rotatable bonds is 5. The fraction of sp³-hybridized carbons (Fsp3) is 0.375. The molecule has 126 valence electrons.